The number of likely N-dealkylation sites (tertiary alicyclic amines) is 1. The summed E-state index contributed by atoms with van der Waals surface area (Å²) in [7, 11) is 0. The largest absolute Gasteiger partial charge is 0.356 e. The topological polar surface area (TPSA) is 53.7 Å². The van der Waals surface area contributed by atoms with Crippen molar-refractivity contribution in [2.75, 3.05) is 31.1 Å². The van der Waals surface area contributed by atoms with E-state index >= 15 is 0 Å². The van der Waals surface area contributed by atoms with Crippen LogP contribution >= 0.6 is 0 Å². The lowest BCUT2D eigenvalue weighted by Crippen LogP contribution is -2.36. The predicted octanol–water partition coefficient (Wildman–Crippen LogP) is 2.91. The molecular formula is C20H29N5O. The number of carbonyl (C=O) groups excluding carboxylic acids is 1. The minimum Gasteiger partial charge on any atom is -0.356 e. The second kappa shape index (κ2) is 7.64. The summed E-state index contributed by atoms with van der Waals surface area (Å²) in [5, 5.41) is 4.45. The molecule has 2 aliphatic rings. The van der Waals surface area contributed by atoms with E-state index in [0.29, 0.717) is 11.8 Å². The van der Waals surface area contributed by atoms with E-state index in [1.54, 1.807) is 0 Å². The first-order valence-electron chi connectivity index (χ1n) is 10.1. The Balaban J connectivity index is 1.35. The molecule has 0 atom stereocenters. The summed E-state index contributed by atoms with van der Waals surface area (Å²) in [6, 6.07) is 4.15. The molecule has 6 nitrogen and oxygen atoms in total. The van der Waals surface area contributed by atoms with E-state index in [1.807, 2.05) is 21.7 Å². The minimum atomic E-state index is 0.366. The summed E-state index contributed by atoms with van der Waals surface area (Å²) in [6.45, 7) is 6.15. The zero-order chi connectivity index (χ0) is 17.9. The van der Waals surface area contributed by atoms with Gasteiger partial charge in [-0.3, -0.25) is 4.79 Å². The van der Waals surface area contributed by atoms with E-state index in [2.05, 4.69) is 28.0 Å². The zero-order valence-corrected chi connectivity index (χ0v) is 15.7. The molecule has 0 aromatic carbocycles. The van der Waals surface area contributed by atoms with E-state index in [4.69, 9.17) is 0 Å². The van der Waals surface area contributed by atoms with Gasteiger partial charge < -0.3 is 9.80 Å². The number of nitrogens with zero attached hydrogens (tertiary/aromatic N) is 5. The molecule has 26 heavy (non-hydrogen) atoms. The van der Waals surface area contributed by atoms with Crippen LogP contribution in [0.25, 0.3) is 5.65 Å². The zero-order valence-electron chi connectivity index (χ0n) is 15.7. The first-order chi connectivity index (χ1) is 12.7. The molecule has 0 radical (unpaired) electrons. The molecule has 0 bridgehead atoms. The third kappa shape index (κ3) is 3.55. The normalized spacial score (nSPS) is 18.8. The summed E-state index contributed by atoms with van der Waals surface area (Å²) in [6.07, 6.45) is 9.18. The third-order valence-corrected chi connectivity index (χ3v) is 5.92. The maximum atomic E-state index is 12.3. The Morgan fingerprint density at radius 1 is 1.19 bits per heavy atom. The number of carbonyl (C=O) groups is 1. The fourth-order valence-corrected chi connectivity index (χ4v) is 4.26. The summed E-state index contributed by atoms with van der Waals surface area (Å²) < 4.78 is 1.95. The maximum Gasteiger partial charge on any atom is 0.222 e. The van der Waals surface area contributed by atoms with Gasteiger partial charge >= 0.3 is 0 Å². The molecular weight excluding hydrogens is 326 g/mol. The standard InChI is InChI=1S/C20H29N5O/c1-2-17-15-19(25-18(22-17)7-10-21-25)23-13-8-16(9-14-23)5-6-20(26)24-11-3-4-12-24/h7,10,15-16H,2-6,8-9,11-14H2,1H3. The Kier molecular flexibility index (Phi) is 5.09. The van der Waals surface area contributed by atoms with Gasteiger partial charge in [0.2, 0.25) is 5.91 Å². The van der Waals surface area contributed by atoms with Crippen molar-refractivity contribution in [3.8, 4) is 0 Å². The minimum absolute atomic E-state index is 0.366. The fourth-order valence-electron chi connectivity index (χ4n) is 4.26. The van der Waals surface area contributed by atoms with Crippen LogP contribution in [0, 0.1) is 5.92 Å². The van der Waals surface area contributed by atoms with E-state index < -0.39 is 0 Å². The first kappa shape index (κ1) is 17.3. The quantitative estimate of drug-likeness (QED) is 0.827. The summed E-state index contributed by atoms with van der Waals surface area (Å²) >= 11 is 0. The van der Waals surface area contributed by atoms with Crippen molar-refractivity contribution < 1.29 is 4.79 Å². The van der Waals surface area contributed by atoms with Gasteiger partial charge in [-0.1, -0.05) is 6.92 Å². The smallest absolute Gasteiger partial charge is 0.222 e. The van der Waals surface area contributed by atoms with Gasteiger partial charge in [0.25, 0.3) is 0 Å². The molecule has 4 heterocycles. The van der Waals surface area contributed by atoms with Crippen LogP contribution in [0.3, 0.4) is 0 Å². The molecule has 2 saturated heterocycles. The van der Waals surface area contributed by atoms with E-state index in [9.17, 15) is 4.79 Å². The summed E-state index contributed by atoms with van der Waals surface area (Å²) in [5.41, 5.74) is 2.05. The molecule has 6 heteroatoms. The second-order valence-corrected chi connectivity index (χ2v) is 7.62. The summed E-state index contributed by atoms with van der Waals surface area (Å²) in [4.78, 5) is 21.4. The number of amides is 1. The SMILES string of the molecule is CCc1cc(N2CCC(CCC(=O)N3CCCC3)CC2)n2nccc2n1. The molecule has 4 rings (SSSR count). The second-order valence-electron chi connectivity index (χ2n) is 7.62. The summed E-state index contributed by atoms with van der Waals surface area (Å²) in [5.74, 6) is 2.19. The molecule has 0 N–H and O–H groups in total. The molecule has 2 aromatic rings. The van der Waals surface area contributed by atoms with E-state index in [0.717, 1.165) is 75.4 Å². The van der Waals surface area contributed by atoms with Crippen molar-refractivity contribution in [3.63, 3.8) is 0 Å². The molecule has 2 fully saturated rings. The first-order valence-corrected chi connectivity index (χ1v) is 10.1. The number of hydrogen-bond acceptors (Lipinski definition) is 4. The highest BCUT2D eigenvalue weighted by Crippen LogP contribution is 2.27. The molecule has 0 spiro atoms. The van der Waals surface area contributed by atoms with E-state index in [1.165, 1.54) is 12.8 Å². The predicted molar refractivity (Wildman–Crippen MR) is 102 cm³/mol. The lowest BCUT2D eigenvalue weighted by Gasteiger charge is -2.33. The average molecular weight is 355 g/mol. The number of hydrogen-bond donors (Lipinski definition) is 0. The van der Waals surface area contributed by atoms with Crippen LogP contribution in [-0.4, -0.2) is 51.6 Å². The molecule has 0 saturated carbocycles. The van der Waals surface area contributed by atoms with Gasteiger partial charge in [-0.25, -0.2) is 4.98 Å². The molecule has 2 aromatic heterocycles. The Labute approximate surface area is 155 Å². The van der Waals surface area contributed by atoms with E-state index in [-0.39, 0.29) is 0 Å². The lowest BCUT2D eigenvalue weighted by molar-refractivity contribution is -0.130. The molecule has 2 aliphatic heterocycles. The fraction of sp³-hybridized carbons (Fsp3) is 0.650. The lowest BCUT2D eigenvalue weighted by atomic mass is 9.92. The Hall–Kier alpha value is -2.11. The van der Waals surface area contributed by atoms with Crippen LogP contribution < -0.4 is 4.90 Å². The number of anilines is 1. The molecule has 1 amide bonds. The molecule has 0 unspecified atom stereocenters. The number of aromatic nitrogens is 3. The van der Waals surface area contributed by atoms with Crippen molar-refractivity contribution in [2.24, 2.45) is 5.92 Å². The number of aryl methyl sites for hydroxylation is 1. The van der Waals surface area contributed by atoms with Crippen molar-refractivity contribution >= 4 is 17.4 Å². The van der Waals surface area contributed by atoms with Gasteiger partial charge in [-0.05, 0) is 44.4 Å². The molecule has 0 aliphatic carbocycles. The monoisotopic (exact) mass is 355 g/mol. The van der Waals surface area contributed by atoms with Gasteiger partial charge in [0.05, 0.1) is 6.20 Å². The third-order valence-electron chi connectivity index (χ3n) is 5.92. The highest BCUT2D eigenvalue weighted by atomic mass is 16.2. The van der Waals surface area contributed by atoms with Crippen LogP contribution in [0.15, 0.2) is 18.3 Å². The number of fused-ring (bicyclic) bond motifs is 1. The Morgan fingerprint density at radius 2 is 1.96 bits per heavy atom. The average Bonchev–Trinajstić information content (AvgIpc) is 3.37. The van der Waals surface area contributed by atoms with Crippen LogP contribution in [0.2, 0.25) is 0 Å². The highest BCUT2D eigenvalue weighted by molar-refractivity contribution is 5.76. The van der Waals surface area contributed by atoms with Gasteiger partial charge in [0.1, 0.15) is 5.82 Å². The van der Waals surface area contributed by atoms with Crippen LogP contribution in [0.5, 0.6) is 0 Å². The van der Waals surface area contributed by atoms with Gasteiger partial charge in [0.15, 0.2) is 5.65 Å². The van der Waals surface area contributed by atoms with Crippen molar-refractivity contribution in [2.45, 2.75) is 51.9 Å². The Bertz CT molecular complexity index is 757. The van der Waals surface area contributed by atoms with Crippen LogP contribution in [-0.2, 0) is 11.2 Å². The molecule has 140 valence electrons. The Morgan fingerprint density at radius 3 is 2.69 bits per heavy atom. The van der Waals surface area contributed by atoms with Crippen LogP contribution in [0.1, 0.15) is 51.1 Å². The maximum absolute atomic E-state index is 12.3. The highest BCUT2D eigenvalue weighted by Gasteiger charge is 2.24. The number of piperidine rings is 1. The van der Waals surface area contributed by atoms with Crippen molar-refractivity contribution in [1.82, 2.24) is 19.5 Å². The number of rotatable bonds is 5. The van der Waals surface area contributed by atoms with Crippen molar-refractivity contribution in [1.29, 1.82) is 0 Å². The van der Waals surface area contributed by atoms with Crippen LogP contribution in [0.4, 0.5) is 5.82 Å². The van der Waals surface area contributed by atoms with Gasteiger partial charge in [0, 0.05) is 50.4 Å². The van der Waals surface area contributed by atoms with Gasteiger partial charge in [-0.15, -0.1) is 0 Å². The van der Waals surface area contributed by atoms with Gasteiger partial charge in [-0.2, -0.15) is 9.61 Å². The van der Waals surface area contributed by atoms with Crippen molar-refractivity contribution in [3.05, 3.63) is 24.0 Å².